The molecule has 0 heterocycles. The van der Waals surface area contributed by atoms with Crippen LogP contribution in [0, 0.1) is 0 Å². The molecule has 5 atom stereocenters. The normalized spacial score (nSPS) is 14.8. The maximum atomic E-state index is 12.9. The fourth-order valence-corrected chi connectivity index (χ4v) is 11.6. The Kier molecular flexibility index (Phi) is 68.8. The van der Waals surface area contributed by atoms with Gasteiger partial charge in [0.05, 0.1) is 26.4 Å². The second kappa shape index (κ2) is 71.8. The monoisotopic (exact) mass is 1400 g/mol. The first-order chi connectivity index (χ1) is 47.2. The molecule has 97 heavy (non-hydrogen) atoms. The number of aliphatic hydroxyl groups excluding tert-OH is 2. The molecule has 0 spiro atoms. The minimum Gasteiger partial charge on any atom is -0.463 e. The average Bonchev–Trinajstić information content (AvgIpc) is 1.58. The van der Waals surface area contributed by atoms with E-state index in [0.717, 1.165) is 167 Å². The molecular formula is C79H136O16P2. The van der Waals surface area contributed by atoms with Gasteiger partial charge < -0.3 is 34.2 Å². The molecule has 0 amide bonds. The highest BCUT2D eigenvalue weighted by molar-refractivity contribution is 7.47. The molecule has 0 fully saturated rings. The molecule has 0 bridgehead atoms. The van der Waals surface area contributed by atoms with Crippen molar-refractivity contribution in [2.24, 2.45) is 0 Å². The van der Waals surface area contributed by atoms with Crippen molar-refractivity contribution in [3.05, 3.63) is 122 Å². The molecule has 0 rings (SSSR count). The molecular weight excluding hydrogens is 1270 g/mol. The minimum absolute atomic E-state index is 0.103. The van der Waals surface area contributed by atoms with Gasteiger partial charge in [0.2, 0.25) is 0 Å². The molecule has 18 heteroatoms. The fourth-order valence-electron chi connectivity index (χ4n) is 9.98. The molecule has 4 N–H and O–H groups in total. The first-order valence-corrected chi connectivity index (χ1v) is 40.8. The summed E-state index contributed by atoms with van der Waals surface area (Å²) in [6.45, 7) is 2.45. The average molecular weight is 1400 g/mol. The van der Waals surface area contributed by atoms with Gasteiger partial charge in [0.25, 0.3) is 0 Å². The topological polar surface area (TPSA) is 231 Å². The summed E-state index contributed by atoms with van der Waals surface area (Å²) in [5.41, 5.74) is 0. The largest absolute Gasteiger partial charge is 0.472 e. The Morgan fingerprint density at radius 3 is 0.866 bits per heavy atom. The van der Waals surface area contributed by atoms with E-state index < -0.39 is 91.5 Å². The van der Waals surface area contributed by atoms with Gasteiger partial charge in [-0.25, -0.2) is 9.13 Å². The lowest BCUT2D eigenvalue weighted by molar-refractivity contribution is -0.161. The molecule has 0 aromatic rings. The number of hydrogen-bond acceptors (Lipinski definition) is 14. The smallest absolute Gasteiger partial charge is 0.463 e. The van der Waals surface area contributed by atoms with E-state index in [0.29, 0.717) is 19.3 Å². The van der Waals surface area contributed by atoms with Crippen LogP contribution in [-0.4, -0.2) is 95.9 Å². The van der Waals surface area contributed by atoms with Crippen molar-refractivity contribution in [2.45, 2.75) is 322 Å². The Bertz CT molecular complexity index is 2250. The van der Waals surface area contributed by atoms with Gasteiger partial charge in [-0.1, -0.05) is 296 Å². The van der Waals surface area contributed by atoms with E-state index in [1.54, 1.807) is 0 Å². The molecule has 0 radical (unpaired) electrons. The number of phosphoric acid groups is 2. The van der Waals surface area contributed by atoms with Gasteiger partial charge in [-0.15, -0.1) is 0 Å². The van der Waals surface area contributed by atoms with E-state index in [1.807, 2.05) is 0 Å². The predicted molar refractivity (Wildman–Crippen MR) is 399 cm³/mol. The molecule has 0 aliphatic rings. The van der Waals surface area contributed by atoms with Crippen LogP contribution in [-0.2, 0) is 55.8 Å². The van der Waals surface area contributed by atoms with Crippen LogP contribution in [0.5, 0.6) is 0 Å². The summed E-state index contributed by atoms with van der Waals surface area (Å²) in [5.74, 6) is -1.59. The lowest BCUT2D eigenvalue weighted by Crippen LogP contribution is -2.30. The molecule has 0 aliphatic heterocycles. The van der Waals surface area contributed by atoms with Crippen LogP contribution in [0.25, 0.3) is 0 Å². The Hall–Kier alpha value is -4.05. The molecule has 5 unspecified atom stereocenters. The van der Waals surface area contributed by atoms with Gasteiger partial charge in [0, 0.05) is 19.3 Å². The van der Waals surface area contributed by atoms with Gasteiger partial charge in [-0.05, 0) is 109 Å². The number of hydrogen-bond donors (Lipinski definition) is 4. The Morgan fingerprint density at radius 1 is 0.299 bits per heavy atom. The number of esters is 3. The van der Waals surface area contributed by atoms with E-state index >= 15 is 0 Å². The van der Waals surface area contributed by atoms with Gasteiger partial charge in [-0.3, -0.25) is 32.5 Å². The van der Waals surface area contributed by atoms with E-state index in [1.165, 1.54) is 77.0 Å². The summed E-state index contributed by atoms with van der Waals surface area (Å²) in [6.07, 6.45) is 83.8. The number of phosphoric ester groups is 2. The zero-order valence-electron chi connectivity index (χ0n) is 60.7. The van der Waals surface area contributed by atoms with Crippen molar-refractivity contribution in [3.8, 4) is 0 Å². The van der Waals surface area contributed by atoms with Crippen molar-refractivity contribution >= 4 is 33.6 Å². The maximum absolute atomic E-state index is 12.9. The SMILES string of the molecule is CC/C=C\C/C=C\C/C=C\C/C=C\C/C=C\CCCCCCCCCCCC(=O)OCC(O)COP(=O)(O)OCC(O)COP(=O)(O)OCC(COC(=O)CCCCCCCCC/C=C\C/C=C\C/C=C\C/C=C\C/C=C\CC)OC(=O)CCCCCCCCCCCCCCC. The van der Waals surface area contributed by atoms with Crippen molar-refractivity contribution in [2.75, 3.05) is 39.6 Å². The molecule has 0 aromatic carbocycles. The third-order valence-corrected chi connectivity index (χ3v) is 17.6. The van der Waals surface area contributed by atoms with E-state index in [-0.39, 0.29) is 19.3 Å². The van der Waals surface area contributed by atoms with Crippen molar-refractivity contribution in [1.82, 2.24) is 0 Å². The highest BCUT2D eigenvalue weighted by Gasteiger charge is 2.29. The third-order valence-electron chi connectivity index (χ3n) is 15.7. The highest BCUT2D eigenvalue weighted by atomic mass is 31.2. The molecule has 0 saturated heterocycles. The van der Waals surface area contributed by atoms with Crippen LogP contribution in [0.1, 0.15) is 303 Å². The fraction of sp³-hybridized carbons (Fsp3) is 0.709. The van der Waals surface area contributed by atoms with Crippen molar-refractivity contribution in [1.29, 1.82) is 0 Å². The lowest BCUT2D eigenvalue weighted by atomic mass is 10.0. The zero-order valence-corrected chi connectivity index (χ0v) is 62.5. The summed E-state index contributed by atoms with van der Waals surface area (Å²) < 4.78 is 61.1. The Balaban J connectivity index is 4.57. The second-order valence-electron chi connectivity index (χ2n) is 25.0. The molecule has 558 valence electrons. The number of aliphatic hydroxyl groups is 2. The maximum Gasteiger partial charge on any atom is 0.472 e. The first kappa shape index (κ1) is 93.0. The standard InChI is InChI=1S/C79H136O16P2/c1-4-7-10-13-16-19-22-25-27-29-31-33-35-36-38-40-41-43-45-48-50-53-56-59-62-65-77(82)89-68-74(80)69-91-96(85,86)92-70-75(81)71-93-97(87,88)94-73-76(95-79(84)67-64-61-58-55-52-47-24-21-18-15-12-9-6-3)72-90-78(83)66-63-60-57-54-51-49-46-44-42-39-37-34-32-30-28-26-23-20-17-14-11-8-5-2/h7-8,10-11,16-17,19-20,25-28,31-34,36,38-39,42,74-76,80-81H,4-6,9,12-15,18,21-24,29-30,35,37,40-41,43-73H2,1-3H3,(H,85,86)(H,87,88)/b10-7-,11-8-,19-16-,20-17-,27-25-,28-26-,33-31-,34-32-,38-36-,42-39-. The molecule has 0 aliphatic carbocycles. The number of allylic oxidation sites excluding steroid dienone is 20. The second-order valence-corrected chi connectivity index (χ2v) is 28.0. The van der Waals surface area contributed by atoms with E-state index in [2.05, 4.69) is 142 Å². The predicted octanol–water partition coefficient (Wildman–Crippen LogP) is 21.8. The summed E-state index contributed by atoms with van der Waals surface area (Å²) in [6, 6.07) is 0. The minimum atomic E-state index is -4.93. The van der Waals surface area contributed by atoms with Gasteiger partial charge in [0.15, 0.2) is 6.10 Å². The van der Waals surface area contributed by atoms with Crippen LogP contribution < -0.4 is 0 Å². The van der Waals surface area contributed by atoms with E-state index in [4.69, 9.17) is 32.3 Å². The van der Waals surface area contributed by atoms with Crippen LogP contribution in [0.2, 0.25) is 0 Å². The van der Waals surface area contributed by atoms with Gasteiger partial charge >= 0.3 is 33.6 Å². The van der Waals surface area contributed by atoms with Crippen LogP contribution in [0.4, 0.5) is 0 Å². The Labute approximate surface area is 589 Å². The number of carbonyl (C=O) groups is 3. The molecule has 0 aromatic heterocycles. The van der Waals surface area contributed by atoms with Gasteiger partial charge in [-0.2, -0.15) is 0 Å². The summed E-state index contributed by atoms with van der Waals surface area (Å²) in [5, 5.41) is 20.6. The van der Waals surface area contributed by atoms with Crippen molar-refractivity contribution in [3.63, 3.8) is 0 Å². The third kappa shape index (κ3) is 73.0. The summed E-state index contributed by atoms with van der Waals surface area (Å²) in [7, 11) is -9.79. The summed E-state index contributed by atoms with van der Waals surface area (Å²) in [4.78, 5) is 58.6. The highest BCUT2D eigenvalue weighted by Crippen LogP contribution is 2.45. The quantitative estimate of drug-likeness (QED) is 0.0146. The van der Waals surface area contributed by atoms with Crippen LogP contribution in [0.3, 0.4) is 0 Å². The van der Waals surface area contributed by atoms with Crippen LogP contribution >= 0.6 is 15.6 Å². The molecule has 0 saturated carbocycles. The zero-order chi connectivity index (χ0) is 70.9. The first-order valence-electron chi connectivity index (χ1n) is 37.8. The molecule has 16 nitrogen and oxygen atoms in total. The number of rotatable bonds is 71. The number of unbranched alkanes of at least 4 members (excludes halogenated alkanes) is 28. The van der Waals surface area contributed by atoms with Crippen LogP contribution in [0.15, 0.2) is 122 Å². The number of carbonyl (C=O) groups excluding carboxylic acids is 3. The summed E-state index contributed by atoms with van der Waals surface area (Å²) >= 11 is 0. The van der Waals surface area contributed by atoms with Crippen molar-refractivity contribution < 1.29 is 75.8 Å². The van der Waals surface area contributed by atoms with E-state index in [9.17, 15) is 43.5 Å². The lowest BCUT2D eigenvalue weighted by Gasteiger charge is -2.21. The van der Waals surface area contributed by atoms with Gasteiger partial charge in [0.1, 0.15) is 25.4 Å². The Morgan fingerprint density at radius 2 is 0.546 bits per heavy atom. The number of ether oxygens (including phenoxy) is 3.